The molecule has 1 aliphatic heterocycles. The van der Waals surface area contributed by atoms with Gasteiger partial charge in [-0.05, 0) is 6.08 Å². The normalized spacial score (nSPS) is 24.2. The van der Waals surface area contributed by atoms with Crippen molar-refractivity contribution < 1.29 is 44.7 Å². The van der Waals surface area contributed by atoms with E-state index in [9.17, 15) is 29.7 Å². The Morgan fingerprint density at radius 3 is 2.57 bits per heavy atom. The molecule has 0 aromatic carbocycles. The summed E-state index contributed by atoms with van der Waals surface area (Å²) < 4.78 is 6.31. The minimum atomic E-state index is -1.74. The molecule has 1 aliphatic rings. The van der Waals surface area contributed by atoms with E-state index in [2.05, 4.69) is 15.6 Å². The quantitative estimate of drug-likeness (QED) is 0.200. The van der Waals surface area contributed by atoms with Crippen LogP contribution in [0.5, 0.6) is 0 Å². The summed E-state index contributed by atoms with van der Waals surface area (Å²) in [7, 11) is 0. The molecule has 8 N–H and O–H groups in total. The molecule has 14 nitrogen and oxygen atoms in total. The third-order valence-corrected chi connectivity index (χ3v) is 4.33. The van der Waals surface area contributed by atoms with E-state index in [0.29, 0.717) is 0 Å². The second-order valence-electron chi connectivity index (χ2n) is 6.77. The smallest absolute Gasteiger partial charge is 0.370 e. The molecule has 0 radical (unpaired) electrons. The molecule has 0 saturated heterocycles. The van der Waals surface area contributed by atoms with Gasteiger partial charge in [0, 0.05) is 19.5 Å². The lowest BCUT2D eigenvalue weighted by atomic mass is 9.93. The van der Waals surface area contributed by atoms with E-state index in [0.717, 1.165) is 17.7 Å². The number of amides is 1. The van der Waals surface area contributed by atoms with E-state index >= 15 is 0 Å². The number of ether oxygens (including phenoxy) is 1. The number of carbonyl (C=O) groups excluding carboxylic acids is 1. The van der Waals surface area contributed by atoms with Gasteiger partial charge in [0.25, 0.3) is 0 Å². The van der Waals surface area contributed by atoms with Gasteiger partial charge in [0.1, 0.15) is 24.4 Å². The van der Waals surface area contributed by atoms with E-state index in [-0.39, 0.29) is 18.7 Å². The molecule has 0 bridgehead atoms. The summed E-state index contributed by atoms with van der Waals surface area (Å²) in [6, 6.07) is -2.42. The van der Waals surface area contributed by atoms with Gasteiger partial charge in [-0.3, -0.25) is 9.59 Å². The third-order valence-electron chi connectivity index (χ3n) is 4.33. The average molecular weight is 429 g/mol. The van der Waals surface area contributed by atoms with Crippen LogP contribution in [-0.4, -0.2) is 94.9 Å². The minimum absolute atomic E-state index is 0.108. The average Bonchev–Trinajstić information content (AvgIpc) is 3.08. The zero-order chi connectivity index (χ0) is 22.6. The van der Waals surface area contributed by atoms with Gasteiger partial charge in [-0.25, -0.2) is 9.48 Å². The van der Waals surface area contributed by atoms with Crippen molar-refractivity contribution in [3.8, 4) is 0 Å². The molecular formula is C16H23N5O9. The lowest BCUT2D eigenvalue weighted by Crippen LogP contribution is -2.59. The molecule has 2 rings (SSSR count). The van der Waals surface area contributed by atoms with E-state index in [1.165, 1.54) is 6.20 Å². The van der Waals surface area contributed by atoms with Crippen LogP contribution in [0.3, 0.4) is 0 Å². The molecule has 1 amide bonds. The highest BCUT2D eigenvalue weighted by Gasteiger charge is 2.43. The van der Waals surface area contributed by atoms with Gasteiger partial charge in [-0.1, -0.05) is 5.21 Å². The number of aliphatic carboxylic acids is 2. The van der Waals surface area contributed by atoms with Crippen molar-refractivity contribution in [2.75, 3.05) is 0 Å². The van der Waals surface area contributed by atoms with Gasteiger partial charge >= 0.3 is 11.9 Å². The largest absolute Gasteiger partial charge is 0.480 e. The van der Waals surface area contributed by atoms with Crippen LogP contribution in [0.1, 0.15) is 12.6 Å². The number of carboxylic acids is 2. The number of aliphatic hydroxyl groups excluding tert-OH is 3. The van der Waals surface area contributed by atoms with Crippen LogP contribution < -0.4 is 11.1 Å². The van der Waals surface area contributed by atoms with E-state index in [4.69, 9.17) is 20.7 Å². The predicted octanol–water partition coefficient (Wildman–Crippen LogP) is -3.81. The van der Waals surface area contributed by atoms with E-state index in [1.807, 2.05) is 0 Å². The number of aromatic nitrogens is 3. The van der Waals surface area contributed by atoms with Crippen molar-refractivity contribution in [2.24, 2.45) is 5.73 Å². The summed E-state index contributed by atoms with van der Waals surface area (Å²) in [5.41, 5.74) is 5.66. The minimum Gasteiger partial charge on any atom is -0.480 e. The fourth-order valence-electron chi connectivity index (χ4n) is 2.87. The standard InChI is InChI=1S/C16H23N5O9/c1-6(22)18-12-9(23)3-11(16(28)29)30-14(12)13(25)10(24)5-21-4-7(19-20-21)2-8(17)15(26)27/h3-4,8-10,12-14,23-25H,2,5,17H2,1H3,(H,18,22)(H,26,27)(H,28,29)/t8-,9-,10+,12+,13+,14+/m0/s1. The van der Waals surface area contributed by atoms with E-state index < -0.39 is 60.1 Å². The number of nitrogens with two attached hydrogens (primary N) is 1. The second-order valence-corrected chi connectivity index (χ2v) is 6.77. The molecule has 166 valence electrons. The maximum absolute atomic E-state index is 11.4. The number of nitrogens with zero attached hydrogens (tertiary/aromatic N) is 3. The first-order valence-corrected chi connectivity index (χ1v) is 8.80. The first-order chi connectivity index (χ1) is 14.0. The lowest BCUT2D eigenvalue weighted by molar-refractivity contribution is -0.148. The summed E-state index contributed by atoms with van der Waals surface area (Å²) in [5, 5.41) is 58.7. The van der Waals surface area contributed by atoms with Crippen molar-refractivity contribution >= 4 is 17.8 Å². The van der Waals surface area contributed by atoms with Crippen LogP contribution in [0.2, 0.25) is 0 Å². The fraction of sp³-hybridized carbons (Fsp3) is 0.562. The van der Waals surface area contributed by atoms with Crippen LogP contribution in [0.25, 0.3) is 0 Å². The molecule has 0 aliphatic carbocycles. The summed E-state index contributed by atoms with van der Waals surface area (Å²) in [5.74, 6) is -3.94. The van der Waals surface area contributed by atoms with Crippen LogP contribution in [0.4, 0.5) is 0 Å². The maximum Gasteiger partial charge on any atom is 0.370 e. The van der Waals surface area contributed by atoms with Gasteiger partial charge in [0.05, 0.1) is 18.3 Å². The second kappa shape index (κ2) is 9.62. The highest BCUT2D eigenvalue weighted by atomic mass is 16.5. The SMILES string of the molecule is CC(=O)N[C@H]1[C@H]([C@H](O)[C@H](O)Cn2cc(C[C@H](N)C(=O)O)nn2)OC(C(=O)O)=C[C@@H]1O. The highest BCUT2D eigenvalue weighted by molar-refractivity contribution is 5.84. The predicted molar refractivity (Wildman–Crippen MR) is 95.6 cm³/mol. The molecule has 0 fully saturated rings. The first kappa shape index (κ1) is 23.2. The fourth-order valence-corrected chi connectivity index (χ4v) is 2.87. The Morgan fingerprint density at radius 1 is 1.33 bits per heavy atom. The number of carbonyl (C=O) groups is 3. The Morgan fingerprint density at radius 2 is 2.00 bits per heavy atom. The van der Waals surface area contributed by atoms with Gasteiger partial charge in [-0.15, -0.1) is 5.10 Å². The Balaban J connectivity index is 2.12. The number of hydrogen-bond acceptors (Lipinski definition) is 10. The molecular weight excluding hydrogens is 406 g/mol. The Kier molecular flexibility index (Phi) is 7.44. The molecule has 0 saturated carbocycles. The lowest BCUT2D eigenvalue weighted by Gasteiger charge is -2.38. The number of aliphatic hydroxyl groups is 3. The summed E-state index contributed by atoms with van der Waals surface area (Å²) in [6.07, 6.45) is -4.21. The van der Waals surface area contributed by atoms with Gasteiger partial charge in [-0.2, -0.15) is 0 Å². The summed E-state index contributed by atoms with van der Waals surface area (Å²) in [4.78, 5) is 33.4. The van der Waals surface area contributed by atoms with Crippen molar-refractivity contribution in [1.82, 2.24) is 20.3 Å². The topological polar surface area (TPSA) is 230 Å². The Bertz CT molecular complexity index is 826. The van der Waals surface area contributed by atoms with Crippen molar-refractivity contribution in [3.63, 3.8) is 0 Å². The van der Waals surface area contributed by atoms with Crippen molar-refractivity contribution in [1.29, 1.82) is 0 Å². The highest BCUT2D eigenvalue weighted by Crippen LogP contribution is 2.23. The van der Waals surface area contributed by atoms with Crippen LogP contribution in [-0.2, 0) is 32.1 Å². The number of nitrogens with one attached hydrogen (secondary N) is 1. The molecule has 1 aromatic rings. The summed E-state index contributed by atoms with van der Waals surface area (Å²) in [6.45, 7) is 0.827. The van der Waals surface area contributed by atoms with Crippen molar-refractivity contribution in [3.05, 3.63) is 23.7 Å². The molecule has 2 heterocycles. The molecule has 0 unspecified atom stereocenters. The summed E-state index contributed by atoms with van der Waals surface area (Å²) >= 11 is 0. The van der Waals surface area contributed by atoms with Gasteiger partial charge < -0.3 is 41.3 Å². The zero-order valence-electron chi connectivity index (χ0n) is 15.8. The van der Waals surface area contributed by atoms with Crippen LogP contribution in [0, 0.1) is 0 Å². The molecule has 30 heavy (non-hydrogen) atoms. The third kappa shape index (κ3) is 5.73. The molecule has 1 aromatic heterocycles. The van der Waals surface area contributed by atoms with Crippen molar-refractivity contribution in [2.45, 2.75) is 56.4 Å². The van der Waals surface area contributed by atoms with Gasteiger partial charge in [0.15, 0.2) is 6.10 Å². The Labute approximate surface area is 169 Å². The number of rotatable bonds is 9. The number of carboxylic acid groups (broad SMARTS) is 2. The first-order valence-electron chi connectivity index (χ1n) is 8.80. The zero-order valence-corrected chi connectivity index (χ0v) is 15.8. The van der Waals surface area contributed by atoms with E-state index in [1.54, 1.807) is 0 Å². The van der Waals surface area contributed by atoms with Crippen LogP contribution >= 0.6 is 0 Å². The molecule has 14 heteroatoms. The maximum atomic E-state index is 11.4. The number of hydrogen-bond donors (Lipinski definition) is 7. The molecule has 6 atom stereocenters. The monoisotopic (exact) mass is 429 g/mol. The van der Waals surface area contributed by atoms with Gasteiger partial charge in [0.2, 0.25) is 11.7 Å². The Hall–Kier alpha value is -3.07. The molecule has 0 spiro atoms. The van der Waals surface area contributed by atoms with Crippen LogP contribution in [0.15, 0.2) is 18.0 Å².